The second kappa shape index (κ2) is 4.65. The SMILES string of the molecule is CN=Cc1cc(B2OC(C)(C)C(C)(C)O2)ccc1N. The molecule has 0 bridgehead atoms. The first kappa shape index (κ1) is 14.1. The maximum atomic E-state index is 6.02. The number of nitrogens with zero attached hydrogens (tertiary/aromatic N) is 1. The first-order chi connectivity index (χ1) is 8.77. The fraction of sp³-hybridized carbons (Fsp3) is 0.500. The summed E-state index contributed by atoms with van der Waals surface area (Å²) in [6.45, 7) is 8.16. The van der Waals surface area contributed by atoms with Gasteiger partial charge in [-0.25, -0.2) is 0 Å². The molecule has 0 saturated carbocycles. The molecule has 4 nitrogen and oxygen atoms in total. The quantitative estimate of drug-likeness (QED) is 0.499. The van der Waals surface area contributed by atoms with Crippen LogP contribution in [0.4, 0.5) is 5.69 Å². The monoisotopic (exact) mass is 260 g/mol. The van der Waals surface area contributed by atoms with Gasteiger partial charge in [0.15, 0.2) is 0 Å². The van der Waals surface area contributed by atoms with Crippen LogP contribution >= 0.6 is 0 Å². The van der Waals surface area contributed by atoms with Gasteiger partial charge < -0.3 is 15.0 Å². The van der Waals surface area contributed by atoms with Gasteiger partial charge in [0.1, 0.15) is 0 Å². The lowest BCUT2D eigenvalue weighted by Gasteiger charge is -2.32. The molecule has 1 aliphatic heterocycles. The first-order valence-electron chi connectivity index (χ1n) is 6.44. The summed E-state index contributed by atoms with van der Waals surface area (Å²) in [6.07, 6.45) is 1.74. The van der Waals surface area contributed by atoms with Gasteiger partial charge in [-0.05, 0) is 39.2 Å². The second-order valence-corrected chi connectivity index (χ2v) is 5.86. The van der Waals surface area contributed by atoms with E-state index in [1.54, 1.807) is 13.3 Å². The van der Waals surface area contributed by atoms with Gasteiger partial charge in [-0.3, -0.25) is 4.99 Å². The normalized spacial score (nSPS) is 21.2. The largest absolute Gasteiger partial charge is 0.494 e. The molecule has 1 saturated heterocycles. The standard InChI is InChI=1S/C14H21BN2O2/c1-13(2)14(3,4)19-15(18-13)11-6-7-12(16)10(8-11)9-17-5/h6-9H,16H2,1-5H3. The Balaban J connectivity index is 2.32. The molecule has 1 aromatic carbocycles. The van der Waals surface area contributed by atoms with E-state index in [9.17, 15) is 0 Å². The molecule has 19 heavy (non-hydrogen) atoms. The summed E-state index contributed by atoms with van der Waals surface area (Å²) in [6, 6.07) is 5.76. The molecular formula is C14H21BN2O2. The third kappa shape index (κ3) is 2.53. The van der Waals surface area contributed by atoms with Gasteiger partial charge in [-0.1, -0.05) is 12.1 Å². The van der Waals surface area contributed by atoms with Gasteiger partial charge in [0.25, 0.3) is 0 Å². The topological polar surface area (TPSA) is 56.8 Å². The van der Waals surface area contributed by atoms with Crippen molar-refractivity contribution in [1.82, 2.24) is 0 Å². The molecule has 0 amide bonds. The minimum atomic E-state index is -0.366. The van der Waals surface area contributed by atoms with Crippen LogP contribution < -0.4 is 11.2 Å². The molecule has 0 radical (unpaired) electrons. The van der Waals surface area contributed by atoms with E-state index in [0.29, 0.717) is 5.69 Å². The van der Waals surface area contributed by atoms with Crippen molar-refractivity contribution in [1.29, 1.82) is 0 Å². The number of benzene rings is 1. The highest BCUT2D eigenvalue weighted by atomic mass is 16.7. The molecule has 1 aliphatic rings. The smallest absolute Gasteiger partial charge is 0.399 e. The van der Waals surface area contributed by atoms with Crippen LogP contribution in [0.2, 0.25) is 0 Å². The number of anilines is 1. The second-order valence-electron chi connectivity index (χ2n) is 5.86. The van der Waals surface area contributed by atoms with E-state index in [4.69, 9.17) is 15.0 Å². The van der Waals surface area contributed by atoms with Gasteiger partial charge >= 0.3 is 7.12 Å². The molecule has 102 valence electrons. The highest BCUT2D eigenvalue weighted by Crippen LogP contribution is 2.36. The third-order valence-electron chi connectivity index (χ3n) is 3.90. The lowest BCUT2D eigenvalue weighted by atomic mass is 9.78. The van der Waals surface area contributed by atoms with E-state index in [2.05, 4.69) is 4.99 Å². The van der Waals surface area contributed by atoms with Crippen LogP contribution in [-0.4, -0.2) is 31.6 Å². The Morgan fingerprint density at radius 1 is 1.16 bits per heavy atom. The van der Waals surface area contributed by atoms with E-state index in [1.165, 1.54) is 0 Å². The van der Waals surface area contributed by atoms with Crippen molar-refractivity contribution in [2.45, 2.75) is 38.9 Å². The van der Waals surface area contributed by atoms with Crippen LogP contribution in [0.25, 0.3) is 0 Å². The summed E-state index contributed by atoms with van der Waals surface area (Å²) in [7, 11) is 1.36. The van der Waals surface area contributed by atoms with E-state index in [1.807, 2.05) is 45.9 Å². The number of nitrogen functional groups attached to an aromatic ring is 1. The molecular weight excluding hydrogens is 239 g/mol. The van der Waals surface area contributed by atoms with Crippen LogP contribution in [0.15, 0.2) is 23.2 Å². The Kier molecular flexibility index (Phi) is 3.45. The van der Waals surface area contributed by atoms with Crippen molar-refractivity contribution in [2.24, 2.45) is 4.99 Å². The van der Waals surface area contributed by atoms with Crippen molar-refractivity contribution in [3.8, 4) is 0 Å². The number of rotatable bonds is 2. The summed E-state index contributed by atoms with van der Waals surface area (Å²) >= 11 is 0. The Hall–Kier alpha value is -1.33. The lowest BCUT2D eigenvalue weighted by Crippen LogP contribution is -2.41. The highest BCUT2D eigenvalue weighted by Gasteiger charge is 2.51. The van der Waals surface area contributed by atoms with Crippen LogP contribution in [0.3, 0.4) is 0 Å². The summed E-state index contributed by atoms with van der Waals surface area (Å²) in [4.78, 5) is 4.01. The van der Waals surface area contributed by atoms with E-state index < -0.39 is 0 Å². The molecule has 1 aromatic rings. The molecule has 2 N–H and O–H groups in total. The maximum absolute atomic E-state index is 6.02. The zero-order valence-electron chi connectivity index (χ0n) is 12.2. The average Bonchev–Trinajstić information content (AvgIpc) is 2.51. The summed E-state index contributed by atoms with van der Waals surface area (Å²) in [5, 5.41) is 0. The molecule has 0 spiro atoms. The average molecular weight is 260 g/mol. The van der Waals surface area contributed by atoms with Gasteiger partial charge in [-0.15, -0.1) is 0 Å². The molecule has 0 atom stereocenters. The van der Waals surface area contributed by atoms with E-state index >= 15 is 0 Å². The molecule has 1 heterocycles. The predicted molar refractivity (Wildman–Crippen MR) is 80.1 cm³/mol. The van der Waals surface area contributed by atoms with Crippen molar-refractivity contribution in [3.05, 3.63) is 23.8 Å². The molecule has 0 aromatic heterocycles. The van der Waals surface area contributed by atoms with Crippen molar-refractivity contribution in [2.75, 3.05) is 12.8 Å². The van der Waals surface area contributed by atoms with Crippen LogP contribution in [-0.2, 0) is 9.31 Å². The van der Waals surface area contributed by atoms with Crippen molar-refractivity contribution in [3.63, 3.8) is 0 Å². The minimum absolute atomic E-state index is 0.335. The zero-order valence-corrected chi connectivity index (χ0v) is 12.2. The third-order valence-corrected chi connectivity index (χ3v) is 3.90. The van der Waals surface area contributed by atoms with Crippen molar-refractivity contribution < 1.29 is 9.31 Å². The number of aliphatic imine (C=N–C) groups is 1. The molecule has 5 heteroatoms. The van der Waals surface area contributed by atoms with Gasteiger partial charge in [0, 0.05) is 24.5 Å². The minimum Gasteiger partial charge on any atom is -0.399 e. The van der Waals surface area contributed by atoms with Crippen LogP contribution in [0.5, 0.6) is 0 Å². The van der Waals surface area contributed by atoms with Crippen LogP contribution in [0, 0.1) is 0 Å². The lowest BCUT2D eigenvalue weighted by molar-refractivity contribution is 0.00578. The van der Waals surface area contributed by atoms with Crippen molar-refractivity contribution >= 4 is 24.5 Å². The van der Waals surface area contributed by atoms with Crippen LogP contribution in [0.1, 0.15) is 33.3 Å². The molecule has 1 fully saturated rings. The summed E-state index contributed by atoms with van der Waals surface area (Å²) < 4.78 is 12.0. The fourth-order valence-corrected chi connectivity index (χ4v) is 1.97. The molecule has 0 unspecified atom stereocenters. The Labute approximate surface area is 115 Å². The number of hydrogen-bond acceptors (Lipinski definition) is 4. The number of hydrogen-bond donors (Lipinski definition) is 1. The molecule has 0 aliphatic carbocycles. The summed E-state index contributed by atoms with van der Waals surface area (Å²) in [5.74, 6) is 0. The fourth-order valence-electron chi connectivity index (χ4n) is 1.97. The Bertz CT molecular complexity index is 496. The predicted octanol–water partition coefficient (Wildman–Crippen LogP) is 1.62. The highest BCUT2D eigenvalue weighted by molar-refractivity contribution is 6.62. The van der Waals surface area contributed by atoms with E-state index in [0.717, 1.165) is 11.0 Å². The van der Waals surface area contributed by atoms with Gasteiger partial charge in [0.2, 0.25) is 0 Å². The van der Waals surface area contributed by atoms with Gasteiger partial charge in [-0.2, -0.15) is 0 Å². The zero-order chi connectivity index (χ0) is 14.3. The molecule has 2 rings (SSSR count). The van der Waals surface area contributed by atoms with E-state index in [-0.39, 0.29) is 18.3 Å². The maximum Gasteiger partial charge on any atom is 0.494 e. The summed E-state index contributed by atoms with van der Waals surface area (Å²) in [5.41, 5.74) is 7.78. The Morgan fingerprint density at radius 2 is 1.74 bits per heavy atom. The van der Waals surface area contributed by atoms with Gasteiger partial charge in [0.05, 0.1) is 11.2 Å². The first-order valence-corrected chi connectivity index (χ1v) is 6.44. The Morgan fingerprint density at radius 3 is 2.26 bits per heavy atom. The number of nitrogens with two attached hydrogens (primary N) is 1.